The Hall–Kier alpha value is -0.340. The van der Waals surface area contributed by atoms with Crippen LogP contribution in [0.2, 0.25) is 0 Å². The molecule has 0 saturated heterocycles. The summed E-state index contributed by atoms with van der Waals surface area (Å²) in [5, 5.41) is 19.8. The van der Waals surface area contributed by atoms with E-state index in [2.05, 4.69) is 0 Å². The number of rotatable bonds is 6. The van der Waals surface area contributed by atoms with Gasteiger partial charge in [0.25, 0.3) is 0 Å². The van der Waals surface area contributed by atoms with Crippen molar-refractivity contribution in [3.8, 4) is 0 Å². The first-order valence-electron chi connectivity index (χ1n) is 5.14. The van der Waals surface area contributed by atoms with Crippen LogP contribution in [0, 0.1) is 0 Å². The van der Waals surface area contributed by atoms with Gasteiger partial charge in [-0.25, -0.2) is 0 Å². The Morgan fingerprint density at radius 1 is 1.23 bits per heavy atom. The molecule has 2 heteroatoms. The summed E-state index contributed by atoms with van der Waals surface area (Å²) >= 11 is 0. The van der Waals surface area contributed by atoms with Crippen LogP contribution in [-0.2, 0) is 0 Å². The molecule has 13 heavy (non-hydrogen) atoms. The minimum Gasteiger partial charge on any atom is -0.387 e. The van der Waals surface area contributed by atoms with Crippen molar-refractivity contribution in [1.29, 1.82) is 0 Å². The van der Waals surface area contributed by atoms with Crippen molar-refractivity contribution in [3.63, 3.8) is 0 Å². The van der Waals surface area contributed by atoms with Gasteiger partial charge < -0.3 is 10.2 Å². The van der Waals surface area contributed by atoms with Crippen LogP contribution in [0.5, 0.6) is 0 Å². The lowest BCUT2D eigenvalue weighted by molar-refractivity contribution is -0.0648. The maximum Gasteiger partial charge on any atom is 0.101 e. The zero-order valence-electron chi connectivity index (χ0n) is 8.95. The Morgan fingerprint density at radius 2 is 1.69 bits per heavy atom. The molecule has 0 aromatic carbocycles. The third-order valence-electron chi connectivity index (χ3n) is 2.29. The second kappa shape index (κ2) is 6.17. The van der Waals surface area contributed by atoms with Crippen molar-refractivity contribution >= 4 is 0 Å². The zero-order valence-corrected chi connectivity index (χ0v) is 8.95. The Kier molecular flexibility index (Phi) is 6.00. The lowest BCUT2D eigenvalue weighted by atomic mass is 9.87. The number of hydrogen-bond acceptors (Lipinski definition) is 2. The lowest BCUT2D eigenvalue weighted by Crippen LogP contribution is -2.40. The van der Waals surface area contributed by atoms with E-state index in [1.54, 1.807) is 12.2 Å². The SMILES string of the molecule is C/C=C/C(O)C(O)(CCC)CCC. The van der Waals surface area contributed by atoms with Gasteiger partial charge >= 0.3 is 0 Å². The topological polar surface area (TPSA) is 40.5 Å². The van der Waals surface area contributed by atoms with Crippen molar-refractivity contribution < 1.29 is 10.2 Å². The van der Waals surface area contributed by atoms with E-state index in [9.17, 15) is 10.2 Å². The second-order valence-electron chi connectivity index (χ2n) is 3.57. The molecule has 0 aromatic heterocycles. The minimum absolute atomic E-state index is 0.659. The van der Waals surface area contributed by atoms with Crippen LogP contribution in [0.3, 0.4) is 0 Å². The van der Waals surface area contributed by atoms with Crippen LogP contribution < -0.4 is 0 Å². The first-order chi connectivity index (χ1) is 6.10. The van der Waals surface area contributed by atoms with E-state index < -0.39 is 11.7 Å². The quantitative estimate of drug-likeness (QED) is 0.625. The summed E-state index contributed by atoms with van der Waals surface area (Å²) in [4.78, 5) is 0. The molecule has 0 aromatic rings. The van der Waals surface area contributed by atoms with Crippen LogP contribution in [0.1, 0.15) is 46.5 Å². The molecule has 0 aliphatic carbocycles. The van der Waals surface area contributed by atoms with Crippen LogP contribution >= 0.6 is 0 Å². The molecule has 78 valence electrons. The molecule has 0 radical (unpaired) electrons. The Balaban J connectivity index is 4.36. The third-order valence-corrected chi connectivity index (χ3v) is 2.29. The van der Waals surface area contributed by atoms with Crippen LogP contribution in [0.4, 0.5) is 0 Å². The average Bonchev–Trinajstić information content (AvgIpc) is 2.05. The second-order valence-corrected chi connectivity index (χ2v) is 3.57. The Labute approximate surface area is 81.3 Å². The van der Waals surface area contributed by atoms with Gasteiger partial charge in [-0.05, 0) is 19.8 Å². The standard InChI is InChI=1S/C11H22O2/c1-4-7-10(12)11(13,8-5-2)9-6-3/h4,7,10,12-13H,5-6,8-9H2,1-3H3/b7-4+. The van der Waals surface area contributed by atoms with Gasteiger partial charge in [0.15, 0.2) is 0 Å². The van der Waals surface area contributed by atoms with Crippen molar-refractivity contribution in [2.45, 2.75) is 58.2 Å². The van der Waals surface area contributed by atoms with Crippen LogP contribution in [0.25, 0.3) is 0 Å². The van der Waals surface area contributed by atoms with Gasteiger partial charge in [0.1, 0.15) is 6.10 Å². The molecule has 0 saturated carbocycles. The van der Waals surface area contributed by atoms with Gasteiger partial charge in [-0.3, -0.25) is 0 Å². The number of aliphatic hydroxyl groups excluding tert-OH is 1. The fraction of sp³-hybridized carbons (Fsp3) is 0.818. The molecular formula is C11H22O2. The van der Waals surface area contributed by atoms with Gasteiger partial charge in [0, 0.05) is 0 Å². The molecule has 1 atom stereocenters. The van der Waals surface area contributed by atoms with E-state index in [1.165, 1.54) is 0 Å². The summed E-state index contributed by atoms with van der Waals surface area (Å²) in [5.41, 5.74) is -0.921. The highest BCUT2D eigenvalue weighted by molar-refractivity contribution is 4.98. The third kappa shape index (κ3) is 3.92. The molecule has 0 fully saturated rings. The van der Waals surface area contributed by atoms with E-state index in [-0.39, 0.29) is 0 Å². The van der Waals surface area contributed by atoms with Crippen molar-refractivity contribution in [3.05, 3.63) is 12.2 Å². The van der Waals surface area contributed by atoms with Crippen LogP contribution in [0.15, 0.2) is 12.2 Å². The Morgan fingerprint density at radius 3 is 2.00 bits per heavy atom. The largest absolute Gasteiger partial charge is 0.387 e. The molecule has 0 aliphatic rings. The summed E-state index contributed by atoms with van der Waals surface area (Å²) < 4.78 is 0. The molecule has 2 N–H and O–H groups in total. The van der Waals surface area contributed by atoms with Crippen molar-refractivity contribution in [2.75, 3.05) is 0 Å². The zero-order chi connectivity index (χ0) is 10.3. The number of aliphatic hydroxyl groups is 2. The summed E-state index contributed by atoms with van der Waals surface area (Å²) in [7, 11) is 0. The first kappa shape index (κ1) is 12.7. The Bertz CT molecular complexity index is 146. The molecule has 0 amide bonds. The van der Waals surface area contributed by atoms with E-state index in [4.69, 9.17) is 0 Å². The molecule has 0 heterocycles. The molecule has 1 unspecified atom stereocenters. The molecule has 2 nitrogen and oxygen atoms in total. The smallest absolute Gasteiger partial charge is 0.101 e. The van der Waals surface area contributed by atoms with E-state index >= 15 is 0 Å². The van der Waals surface area contributed by atoms with Gasteiger partial charge in [-0.2, -0.15) is 0 Å². The predicted octanol–water partition coefficient (Wildman–Crippen LogP) is 2.25. The minimum atomic E-state index is -0.921. The summed E-state index contributed by atoms with van der Waals surface area (Å²) in [6.07, 6.45) is 5.82. The average molecular weight is 186 g/mol. The fourth-order valence-electron chi connectivity index (χ4n) is 1.65. The molecule has 0 bridgehead atoms. The summed E-state index contributed by atoms with van der Waals surface area (Å²) in [6, 6.07) is 0. The monoisotopic (exact) mass is 186 g/mol. The van der Waals surface area contributed by atoms with E-state index in [0.29, 0.717) is 12.8 Å². The molecule has 0 spiro atoms. The van der Waals surface area contributed by atoms with E-state index in [1.807, 2.05) is 20.8 Å². The maximum absolute atomic E-state index is 10.1. The highest BCUT2D eigenvalue weighted by Gasteiger charge is 2.31. The highest BCUT2D eigenvalue weighted by atomic mass is 16.3. The molecular weight excluding hydrogens is 164 g/mol. The van der Waals surface area contributed by atoms with Crippen molar-refractivity contribution in [1.82, 2.24) is 0 Å². The first-order valence-corrected chi connectivity index (χ1v) is 5.14. The van der Waals surface area contributed by atoms with E-state index in [0.717, 1.165) is 12.8 Å². The normalized spacial score (nSPS) is 15.2. The predicted molar refractivity (Wildman–Crippen MR) is 55.6 cm³/mol. The maximum atomic E-state index is 10.1. The number of allylic oxidation sites excluding steroid dienone is 1. The number of hydrogen-bond donors (Lipinski definition) is 2. The highest BCUT2D eigenvalue weighted by Crippen LogP contribution is 2.24. The molecule has 0 rings (SSSR count). The lowest BCUT2D eigenvalue weighted by Gasteiger charge is -2.31. The summed E-state index contributed by atoms with van der Waals surface area (Å²) in [6.45, 7) is 5.88. The summed E-state index contributed by atoms with van der Waals surface area (Å²) in [5.74, 6) is 0. The van der Waals surface area contributed by atoms with Gasteiger partial charge in [-0.1, -0.05) is 38.8 Å². The van der Waals surface area contributed by atoms with Crippen molar-refractivity contribution in [2.24, 2.45) is 0 Å². The van der Waals surface area contributed by atoms with Gasteiger partial charge in [0.2, 0.25) is 0 Å². The van der Waals surface area contributed by atoms with Gasteiger partial charge in [0.05, 0.1) is 5.60 Å². The van der Waals surface area contributed by atoms with Crippen LogP contribution in [-0.4, -0.2) is 21.9 Å². The molecule has 0 aliphatic heterocycles. The van der Waals surface area contributed by atoms with Gasteiger partial charge in [-0.15, -0.1) is 0 Å². The fourth-order valence-corrected chi connectivity index (χ4v) is 1.65.